The molecule has 0 fully saturated rings. The molecule has 0 aliphatic carbocycles. The fourth-order valence-electron chi connectivity index (χ4n) is 3.20. The van der Waals surface area contributed by atoms with Crippen molar-refractivity contribution in [3.63, 3.8) is 0 Å². The summed E-state index contributed by atoms with van der Waals surface area (Å²) in [5.41, 5.74) is 2.30. The summed E-state index contributed by atoms with van der Waals surface area (Å²) in [5, 5.41) is 15.3. The molecule has 28 heavy (non-hydrogen) atoms. The van der Waals surface area contributed by atoms with Gasteiger partial charge in [0, 0.05) is 6.20 Å². The average Bonchev–Trinajstić information content (AvgIpc) is 3.34. The zero-order valence-electron chi connectivity index (χ0n) is 15.7. The average molecular weight is 376 g/mol. The summed E-state index contributed by atoms with van der Waals surface area (Å²) in [6.45, 7) is 4.03. The first-order chi connectivity index (χ1) is 13.7. The highest BCUT2D eigenvalue weighted by atomic mass is 16.5. The van der Waals surface area contributed by atoms with Gasteiger partial charge in [0.05, 0.1) is 18.0 Å². The van der Waals surface area contributed by atoms with Crippen LogP contribution in [0, 0.1) is 6.92 Å². The van der Waals surface area contributed by atoms with E-state index in [4.69, 9.17) is 4.52 Å². The number of rotatable bonds is 6. The molecule has 3 aromatic heterocycles. The molecule has 0 saturated carbocycles. The first-order valence-corrected chi connectivity index (χ1v) is 9.13. The Morgan fingerprint density at radius 1 is 1.18 bits per heavy atom. The van der Waals surface area contributed by atoms with E-state index in [9.17, 15) is 4.79 Å². The van der Waals surface area contributed by atoms with Gasteiger partial charge in [-0.05, 0) is 31.0 Å². The largest absolute Gasteiger partial charge is 0.348 e. The Kier molecular flexibility index (Phi) is 4.84. The number of benzene rings is 1. The van der Waals surface area contributed by atoms with E-state index >= 15 is 0 Å². The Morgan fingerprint density at radius 3 is 2.71 bits per heavy atom. The lowest BCUT2D eigenvalue weighted by atomic mass is 9.96. The lowest BCUT2D eigenvalue weighted by Crippen LogP contribution is -2.29. The Labute approximate surface area is 161 Å². The number of pyridine rings is 1. The summed E-state index contributed by atoms with van der Waals surface area (Å²) in [6, 6.07) is 13.5. The van der Waals surface area contributed by atoms with E-state index in [1.54, 1.807) is 6.92 Å². The number of amides is 1. The van der Waals surface area contributed by atoms with Crippen molar-refractivity contribution in [3.8, 4) is 11.5 Å². The molecule has 3 heterocycles. The highest BCUT2D eigenvalue weighted by Crippen LogP contribution is 2.22. The third kappa shape index (κ3) is 3.36. The zero-order valence-corrected chi connectivity index (χ0v) is 15.7. The smallest absolute Gasteiger partial charge is 0.261 e. The van der Waals surface area contributed by atoms with E-state index in [0.717, 1.165) is 12.0 Å². The van der Waals surface area contributed by atoms with Crippen LogP contribution in [0.1, 0.15) is 36.5 Å². The van der Waals surface area contributed by atoms with Crippen LogP contribution in [-0.4, -0.2) is 30.6 Å². The molecule has 0 aliphatic heterocycles. The van der Waals surface area contributed by atoms with Crippen LogP contribution in [0.3, 0.4) is 0 Å². The number of carbonyl (C=O) groups excluding carboxylic acids is 1. The molecule has 8 nitrogen and oxygen atoms in total. The second kappa shape index (κ2) is 7.59. The molecule has 4 rings (SSSR count). The maximum Gasteiger partial charge on any atom is 0.261 e. The molecule has 0 bridgehead atoms. The molecule has 8 heteroatoms. The SMILES string of the molecule is CC[C@@H](C(=O)NCc1nnc2c(-c3nc(C)no3)cccn12)c1ccccc1. The molecule has 1 aromatic carbocycles. The Bertz CT molecular complexity index is 1100. The molecule has 0 radical (unpaired) electrons. The first-order valence-electron chi connectivity index (χ1n) is 9.13. The van der Waals surface area contributed by atoms with Crippen LogP contribution in [0.4, 0.5) is 0 Å². The van der Waals surface area contributed by atoms with Gasteiger partial charge in [-0.25, -0.2) is 0 Å². The van der Waals surface area contributed by atoms with Crippen molar-refractivity contribution in [1.29, 1.82) is 0 Å². The van der Waals surface area contributed by atoms with Crippen LogP contribution < -0.4 is 5.32 Å². The quantitative estimate of drug-likeness (QED) is 0.556. The van der Waals surface area contributed by atoms with Crippen LogP contribution in [0.15, 0.2) is 53.2 Å². The fraction of sp³-hybridized carbons (Fsp3) is 0.250. The lowest BCUT2D eigenvalue weighted by Gasteiger charge is -2.15. The predicted octanol–water partition coefficient (Wildman–Crippen LogP) is 2.90. The molecule has 0 unspecified atom stereocenters. The van der Waals surface area contributed by atoms with Crippen molar-refractivity contribution in [2.45, 2.75) is 32.7 Å². The molecular formula is C20H20N6O2. The Hall–Kier alpha value is -3.55. The van der Waals surface area contributed by atoms with Crippen molar-refractivity contribution in [1.82, 2.24) is 30.1 Å². The topological polar surface area (TPSA) is 98.2 Å². The minimum atomic E-state index is -0.197. The molecule has 4 aromatic rings. The number of hydrogen-bond acceptors (Lipinski definition) is 6. The van der Waals surface area contributed by atoms with Crippen LogP contribution in [-0.2, 0) is 11.3 Å². The van der Waals surface area contributed by atoms with E-state index in [1.165, 1.54) is 0 Å². The van der Waals surface area contributed by atoms with Gasteiger partial charge in [0.1, 0.15) is 0 Å². The van der Waals surface area contributed by atoms with E-state index in [2.05, 4.69) is 25.7 Å². The lowest BCUT2D eigenvalue weighted by molar-refractivity contribution is -0.122. The van der Waals surface area contributed by atoms with Gasteiger partial charge < -0.3 is 9.84 Å². The highest BCUT2D eigenvalue weighted by Gasteiger charge is 2.20. The van der Waals surface area contributed by atoms with Crippen molar-refractivity contribution in [2.75, 3.05) is 0 Å². The number of hydrogen-bond donors (Lipinski definition) is 1. The molecule has 0 saturated heterocycles. The van der Waals surface area contributed by atoms with Gasteiger partial charge in [0.2, 0.25) is 5.91 Å². The van der Waals surface area contributed by atoms with Crippen LogP contribution in [0.2, 0.25) is 0 Å². The van der Waals surface area contributed by atoms with Gasteiger partial charge in [-0.3, -0.25) is 9.20 Å². The highest BCUT2D eigenvalue weighted by molar-refractivity contribution is 5.83. The summed E-state index contributed by atoms with van der Waals surface area (Å²) in [7, 11) is 0. The van der Waals surface area contributed by atoms with E-state index in [0.29, 0.717) is 28.8 Å². The van der Waals surface area contributed by atoms with Crippen molar-refractivity contribution in [2.24, 2.45) is 0 Å². The maximum absolute atomic E-state index is 12.7. The molecule has 0 spiro atoms. The number of carbonyl (C=O) groups is 1. The molecule has 0 aliphatic rings. The maximum atomic E-state index is 12.7. The van der Waals surface area contributed by atoms with Gasteiger partial charge in [0.15, 0.2) is 17.3 Å². The minimum Gasteiger partial charge on any atom is -0.348 e. The standard InChI is InChI=1S/C20H20N6O2/c1-3-15(14-8-5-4-6-9-14)19(27)21-12-17-23-24-18-16(10-7-11-26(17)18)20-22-13(2)25-28-20/h4-11,15H,3,12H2,1-2H3,(H,21,27)/t15-/m1/s1. The molecular weight excluding hydrogens is 356 g/mol. The normalized spacial score (nSPS) is 12.2. The summed E-state index contributed by atoms with van der Waals surface area (Å²) < 4.78 is 7.07. The van der Waals surface area contributed by atoms with Crippen molar-refractivity contribution in [3.05, 3.63) is 65.9 Å². The van der Waals surface area contributed by atoms with Crippen molar-refractivity contribution >= 4 is 11.6 Å². The fourth-order valence-corrected chi connectivity index (χ4v) is 3.20. The second-order valence-electron chi connectivity index (χ2n) is 6.47. The Balaban J connectivity index is 1.55. The van der Waals surface area contributed by atoms with Gasteiger partial charge in [-0.2, -0.15) is 4.98 Å². The summed E-state index contributed by atoms with van der Waals surface area (Å²) in [6.07, 6.45) is 2.56. The van der Waals surface area contributed by atoms with Crippen molar-refractivity contribution < 1.29 is 9.32 Å². The summed E-state index contributed by atoms with van der Waals surface area (Å²) >= 11 is 0. The number of aromatic nitrogens is 5. The summed E-state index contributed by atoms with van der Waals surface area (Å²) in [4.78, 5) is 16.9. The van der Waals surface area contributed by atoms with Crippen LogP contribution in [0.5, 0.6) is 0 Å². The van der Waals surface area contributed by atoms with Crippen LogP contribution >= 0.6 is 0 Å². The third-order valence-electron chi connectivity index (χ3n) is 4.61. The monoisotopic (exact) mass is 376 g/mol. The van der Waals surface area contributed by atoms with E-state index in [-0.39, 0.29) is 18.4 Å². The minimum absolute atomic E-state index is 0.0332. The molecule has 142 valence electrons. The Morgan fingerprint density at radius 2 is 2.00 bits per heavy atom. The van der Waals surface area contributed by atoms with Gasteiger partial charge in [0.25, 0.3) is 5.89 Å². The zero-order chi connectivity index (χ0) is 19.5. The number of aryl methyl sites for hydroxylation is 1. The third-order valence-corrected chi connectivity index (χ3v) is 4.61. The van der Waals surface area contributed by atoms with E-state index in [1.807, 2.05) is 60.0 Å². The first kappa shape index (κ1) is 17.8. The summed E-state index contributed by atoms with van der Waals surface area (Å²) in [5.74, 6) is 1.34. The predicted molar refractivity (Wildman–Crippen MR) is 102 cm³/mol. The molecule has 1 N–H and O–H groups in total. The van der Waals surface area contributed by atoms with Gasteiger partial charge in [-0.1, -0.05) is 42.4 Å². The second-order valence-corrected chi connectivity index (χ2v) is 6.47. The van der Waals surface area contributed by atoms with Gasteiger partial charge >= 0.3 is 0 Å². The number of nitrogens with one attached hydrogen (secondary N) is 1. The van der Waals surface area contributed by atoms with Crippen LogP contribution in [0.25, 0.3) is 17.1 Å². The number of nitrogens with zero attached hydrogens (tertiary/aromatic N) is 5. The van der Waals surface area contributed by atoms with E-state index < -0.39 is 0 Å². The molecule has 1 atom stereocenters. The number of fused-ring (bicyclic) bond motifs is 1. The van der Waals surface area contributed by atoms with Gasteiger partial charge in [-0.15, -0.1) is 10.2 Å². The molecule has 1 amide bonds.